The van der Waals surface area contributed by atoms with Gasteiger partial charge < -0.3 is 14.6 Å². The summed E-state index contributed by atoms with van der Waals surface area (Å²) >= 11 is 0. The molecule has 0 spiro atoms. The first-order valence-corrected chi connectivity index (χ1v) is 7.93. The van der Waals surface area contributed by atoms with E-state index in [1.165, 1.54) is 12.1 Å². The lowest BCUT2D eigenvalue weighted by molar-refractivity contribution is 0.0950. The highest BCUT2D eigenvalue weighted by Gasteiger charge is 2.08. The fraction of sp³-hybridized carbons (Fsp3) is 0.158. The number of aryl methyl sites for hydroxylation is 1. The van der Waals surface area contributed by atoms with E-state index in [0.29, 0.717) is 23.5 Å². The van der Waals surface area contributed by atoms with Gasteiger partial charge in [-0.3, -0.25) is 4.79 Å². The summed E-state index contributed by atoms with van der Waals surface area (Å²) in [6.07, 6.45) is 3.52. The van der Waals surface area contributed by atoms with Crippen LogP contribution in [0, 0.1) is 11.6 Å². The maximum Gasteiger partial charge on any atom is 0.251 e. The van der Waals surface area contributed by atoms with Gasteiger partial charge in [-0.15, -0.1) is 0 Å². The van der Waals surface area contributed by atoms with Crippen molar-refractivity contribution in [3.8, 4) is 5.75 Å². The Morgan fingerprint density at radius 3 is 2.46 bits per heavy atom. The number of amides is 1. The molecule has 7 heteroatoms. The number of ether oxygens (including phenoxy) is 1. The number of hydrogen-bond donors (Lipinski definition) is 1. The van der Waals surface area contributed by atoms with E-state index in [4.69, 9.17) is 4.74 Å². The smallest absolute Gasteiger partial charge is 0.251 e. The molecule has 134 valence electrons. The first-order valence-electron chi connectivity index (χ1n) is 7.93. The molecule has 0 fully saturated rings. The van der Waals surface area contributed by atoms with Crippen molar-refractivity contribution in [2.24, 2.45) is 7.05 Å². The zero-order valence-corrected chi connectivity index (χ0v) is 14.1. The van der Waals surface area contributed by atoms with Crippen LogP contribution in [0.5, 0.6) is 5.75 Å². The summed E-state index contributed by atoms with van der Waals surface area (Å²) < 4.78 is 33.8. The highest BCUT2D eigenvalue weighted by Crippen LogP contribution is 2.14. The third-order valence-corrected chi connectivity index (χ3v) is 3.78. The maximum absolute atomic E-state index is 13.1. The standard InChI is InChI=1S/C19H17F2N3O2/c1-24-7-6-22-18(24)12-26-17-4-2-14(3-5-17)19(25)23-11-13-8-15(20)10-16(21)9-13/h2-10H,11-12H2,1H3,(H,23,25). The van der Waals surface area contributed by atoms with E-state index in [1.807, 2.05) is 17.8 Å². The van der Waals surface area contributed by atoms with Gasteiger partial charge in [0, 0.05) is 37.6 Å². The maximum atomic E-state index is 13.1. The monoisotopic (exact) mass is 357 g/mol. The molecular formula is C19H17F2N3O2. The third kappa shape index (κ3) is 4.44. The van der Waals surface area contributed by atoms with Gasteiger partial charge in [0.25, 0.3) is 5.91 Å². The predicted octanol–water partition coefficient (Wildman–Crippen LogP) is 3.21. The van der Waals surface area contributed by atoms with Crippen LogP contribution in [0.3, 0.4) is 0 Å². The van der Waals surface area contributed by atoms with Crippen molar-refractivity contribution in [1.82, 2.24) is 14.9 Å². The number of hydrogen-bond acceptors (Lipinski definition) is 3. The van der Waals surface area contributed by atoms with Gasteiger partial charge in [0.1, 0.15) is 29.8 Å². The minimum Gasteiger partial charge on any atom is -0.486 e. The molecule has 26 heavy (non-hydrogen) atoms. The van der Waals surface area contributed by atoms with Crippen molar-refractivity contribution in [3.63, 3.8) is 0 Å². The molecule has 0 saturated heterocycles. The second kappa shape index (κ2) is 7.77. The van der Waals surface area contributed by atoms with Crippen LogP contribution in [0.25, 0.3) is 0 Å². The summed E-state index contributed by atoms with van der Waals surface area (Å²) in [6.45, 7) is 0.352. The Morgan fingerprint density at radius 1 is 1.15 bits per heavy atom. The van der Waals surface area contributed by atoms with Gasteiger partial charge in [-0.25, -0.2) is 13.8 Å². The summed E-state index contributed by atoms with van der Waals surface area (Å²) in [5.41, 5.74) is 0.775. The van der Waals surface area contributed by atoms with Gasteiger partial charge >= 0.3 is 0 Å². The number of imidazole rings is 1. The Labute approximate surface area is 149 Å². The number of rotatable bonds is 6. The average Bonchev–Trinajstić information content (AvgIpc) is 3.02. The van der Waals surface area contributed by atoms with Gasteiger partial charge in [-0.2, -0.15) is 0 Å². The molecule has 1 heterocycles. The molecule has 0 atom stereocenters. The second-order valence-electron chi connectivity index (χ2n) is 5.73. The van der Waals surface area contributed by atoms with Crippen molar-refractivity contribution in [3.05, 3.63) is 83.4 Å². The lowest BCUT2D eigenvalue weighted by Crippen LogP contribution is -2.22. The molecule has 0 saturated carbocycles. The summed E-state index contributed by atoms with van der Waals surface area (Å²) in [5, 5.41) is 2.62. The van der Waals surface area contributed by atoms with Gasteiger partial charge in [-0.05, 0) is 42.0 Å². The molecular weight excluding hydrogens is 340 g/mol. The number of halogens is 2. The molecule has 3 aromatic rings. The molecule has 0 bridgehead atoms. The van der Waals surface area contributed by atoms with Crippen LogP contribution >= 0.6 is 0 Å². The van der Waals surface area contributed by atoms with Crippen LogP contribution < -0.4 is 10.1 Å². The quantitative estimate of drug-likeness (QED) is 0.737. The Kier molecular flexibility index (Phi) is 5.26. The normalized spacial score (nSPS) is 10.6. The number of carbonyl (C=O) groups excluding carboxylic acids is 1. The summed E-state index contributed by atoms with van der Waals surface area (Å²) in [6, 6.07) is 9.74. The predicted molar refractivity (Wildman–Crippen MR) is 91.5 cm³/mol. The third-order valence-electron chi connectivity index (χ3n) is 3.78. The highest BCUT2D eigenvalue weighted by molar-refractivity contribution is 5.94. The summed E-state index contributed by atoms with van der Waals surface area (Å²) in [7, 11) is 1.88. The lowest BCUT2D eigenvalue weighted by atomic mass is 10.2. The van der Waals surface area contributed by atoms with Gasteiger partial charge in [0.05, 0.1) is 0 Å². The molecule has 5 nitrogen and oxygen atoms in total. The largest absolute Gasteiger partial charge is 0.486 e. The molecule has 3 rings (SSSR count). The second-order valence-corrected chi connectivity index (χ2v) is 5.73. The van der Waals surface area contributed by atoms with Crippen LogP contribution in [0.15, 0.2) is 54.9 Å². The molecule has 1 amide bonds. The summed E-state index contributed by atoms with van der Waals surface area (Å²) in [5.74, 6) is -0.303. The fourth-order valence-corrected chi connectivity index (χ4v) is 2.38. The molecule has 1 aromatic heterocycles. The van der Waals surface area contributed by atoms with E-state index in [1.54, 1.807) is 30.5 Å². The van der Waals surface area contributed by atoms with Crippen molar-refractivity contribution >= 4 is 5.91 Å². The van der Waals surface area contributed by atoms with Crippen LogP contribution in [0.4, 0.5) is 8.78 Å². The Morgan fingerprint density at radius 2 is 1.85 bits per heavy atom. The van der Waals surface area contributed by atoms with E-state index in [0.717, 1.165) is 11.9 Å². The van der Waals surface area contributed by atoms with E-state index >= 15 is 0 Å². The number of carbonyl (C=O) groups is 1. The molecule has 1 N–H and O–H groups in total. The zero-order chi connectivity index (χ0) is 18.5. The topological polar surface area (TPSA) is 56.2 Å². The first-order chi connectivity index (χ1) is 12.5. The minimum atomic E-state index is -0.677. The molecule has 2 aromatic carbocycles. The van der Waals surface area contributed by atoms with Crippen molar-refractivity contribution in [1.29, 1.82) is 0 Å². The Bertz CT molecular complexity index is 887. The fourth-order valence-electron chi connectivity index (χ4n) is 2.38. The van der Waals surface area contributed by atoms with E-state index < -0.39 is 11.6 Å². The molecule has 0 aliphatic carbocycles. The molecule has 0 radical (unpaired) electrons. The molecule has 0 unspecified atom stereocenters. The number of nitrogens with zero attached hydrogens (tertiary/aromatic N) is 2. The number of benzene rings is 2. The lowest BCUT2D eigenvalue weighted by Gasteiger charge is -2.08. The van der Waals surface area contributed by atoms with E-state index in [-0.39, 0.29) is 12.5 Å². The number of nitrogens with one attached hydrogen (secondary N) is 1. The average molecular weight is 357 g/mol. The van der Waals surface area contributed by atoms with E-state index in [9.17, 15) is 13.6 Å². The summed E-state index contributed by atoms with van der Waals surface area (Å²) in [4.78, 5) is 16.3. The van der Waals surface area contributed by atoms with Gasteiger partial charge in [0.15, 0.2) is 0 Å². The van der Waals surface area contributed by atoms with Crippen LogP contribution in [-0.2, 0) is 20.2 Å². The van der Waals surface area contributed by atoms with Crippen LogP contribution in [0.1, 0.15) is 21.7 Å². The minimum absolute atomic E-state index is 0.0327. The molecule has 0 aliphatic heterocycles. The van der Waals surface area contributed by atoms with Crippen LogP contribution in [0.2, 0.25) is 0 Å². The van der Waals surface area contributed by atoms with Gasteiger partial charge in [-0.1, -0.05) is 0 Å². The van der Waals surface area contributed by atoms with Crippen molar-refractivity contribution < 1.29 is 18.3 Å². The first kappa shape index (κ1) is 17.6. The Hall–Kier alpha value is -3.22. The Balaban J connectivity index is 1.55. The SMILES string of the molecule is Cn1ccnc1COc1ccc(C(=O)NCc2cc(F)cc(F)c2)cc1. The highest BCUT2D eigenvalue weighted by atomic mass is 19.1. The van der Waals surface area contributed by atoms with Crippen molar-refractivity contribution in [2.75, 3.05) is 0 Å². The zero-order valence-electron chi connectivity index (χ0n) is 14.1. The molecule has 0 aliphatic rings. The number of aromatic nitrogens is 2. The van der Waals surface area contributed by atoms with Gasteiger partial charge in [0.2, 0.25) is 0 Å². The van der Waals surface area contributed by atoms with Crippen molar-refractivity contribution in [2.45, 2.75) is 13.2 Å². The van der Waals surface area contributed by atoms with E-state index in [2.05, 4.69) is 10.3 Å². The van der Waals surface area contributed by atoms with Crippen LogP contribution in [-0.4, -0.2) is 15.5 Å².